The maximum Gasteiger partial charge on any atom is 0.325 e. The topological polar surface area (TPSA) is 89.3 Å². The Kier molecular flexibility index (Phi) is 4.69. The lowest BCUT2D eigenvalue weighted by Crippen LogP contribution is -2.49. The molecule has 1 saturated heterocycles. The van der Waals surface area contributed by atoms with Crippen LogP contribution in [-0.4, -0.2) is 47.0 Å². The van der Waals surface area contributed by atoms with Crippen molar-refractivity contribution in [2.45, 2.75) is 13.3 Å². The van der Waals surface area contributed by atoms with E-state index in [1.165, 1.54) is 12.1 Å². The Morgan fingerprint density at radius 3 is 2.32 bits per heavy atom. The third-order valence-electron chi connectivity index (χ3n) is 4.41. The van der Waals surface area contributed by atoms with Crippen molar-refractivity contribution in [3.05, 3.63) is 62.2 Å². The average molecular weight is 346 g/mol. The molecule has 0 spiro atoms. The lowest BCUT2D eigenvalue weighted by molar-refractivity contribution is -0.130. The summed E-state index contributed by atoms with van der Waals surface area (Å²) in [6.45, 7) is 3.93. The van der Waals surface area contributed by atoms with Crippen molar-refractivity contribution in [1.82, 2.24) is 14.9 Å². The van der Waals surface area contributed by atoms with Crippen LogP contribution in [0.15, 0.2) is 33.9 Å². The zero-order chi connectivity index (χ0) is 18.0. The number of benzene rings is 1. The average Bonchev–Trinajstić information content (AvgIpc) is 2.59. The summed E-state index contributed by atoms with van der Waals surface area (Å²) < 4.78 is 13.0. The summed E-state index contributed by atoms with van der Waals surface area (Å²) in [6.07, 6.45) is -0.0471. The Balaban J connectivity index is 1.63. The molecule has 25 heavy (non-hydrogen) atoms. The molecule has 8 heteroatoms. The summed E-state index contributed by atoms with van der Waals surface area (Å²) >= 11 is 0. The first-order valence-corrected chi connectivity index (χ1v) is 8.04. The summed E-state index contributed by atoms with van der Waals surface area (Å²) in [7, 11) is 0. The van der Waals surface area contributed by atoms with Gasteiger partial charge in [0.2, 0.25) is 5.91 Å². The molecular weight excluding hydrogens is 327 g/mol. The number of carbonyl (C=O) groups is 1. The van der Waals surface area contributed by atoms with E-state index in [0.717, 1.165) is 5.69 Å². The van der Waals surface area contributed by atoms with Gasteiger partial charge in [0.1, 0.15) is 5.82 Å². The molecular formula is C17H19FN4O3. The molecule has 0 atom stereocenters. The summed E-state index contributed by atoms with van der Waals surface area (Å²) in [5.74, 6) is -0.432. The Hall–Kier alpha value is -2.90. The van der Waals surface area contributed by atoms with Gasteiger partial charge in [0.15, 0.2) is 0 Å². The van der Waals surface area contributed by atoms with Crippen LogP contribution in [0, 0.1) is 12.7 Å². The molecule has 2 N–H and O–H groups in total. The van der Waals surface area contributed by atoms with Gasteiger partial charge in [0.25, 0.3) is 5.56 Å². The van der Waals surface area contributed by atoms with E-state index in [0.29, 0.717) is 31.9 Å². The number of hydrogen-bond acceptors (Lipinski definition) is 4. The molecule has 1 aromatic carbocycles. The van der Waals surface area contributed by atoms with E-state index in [1.54, 1.807) is 24.0 Å². The first-order valence-electron chi connectivity index (χ1n) is 8.04. The monoisotopic (exact) mass is 346 g/mol. The molecule has 2 heterocycles. The van der Waals surface area contributed by atoms with Crippen LogP contribution >= 0.6 is 0 Å². The highest BCUT2D eigenvalue weighted by atomic mass is 19.1. The molecule has 1 amide bonds. The van der Waals surface area contributed by atoms with Gasteiger partial charge in [-0.05, 0) is 31.2 Å². The van der Waals surface area contributed by atoms with E-state index in [4.69, 9.17) is 0 Å². The highest BCUT2D eigenvalue weighted by Gasteiger charge is 2.23. The van der Waals surface area contributed by atoms with Crippen molar-refractivity contribution < 1.29 is 9.18 Å². The molecule has 0 unspecified atom stereocenters. The lowest BCUT2D eigenvalue weighted by atomic mass is 10.1. The number of aromatic amines is 2. The van der Waals surface area contributed by atoms with Gasteiger partial charge < -0.3 is 14.8 Å². The summed E-state index contributed by atoms with van der Waals surface area (Å²) in [5.41, 5.74) is 0.505. The molecule has 0 aliphatic carbocycles. The Bertz CT molecular complexity index is 880. The van der Waals surface area contributed by atoms with Crippen molar-refractivity contribution in [3.63, 3.8) is 0 Å². The second kappa shape index (κ2) is 6.92. The predicted octanol–water partition coefficient (Wildman–Crippen LogP) is 0.402. The maximum absolute atomic E-state index is 13.0. The molecule has 0 bridgehead atoms. The van der Waals surface area contributed by atoms with Crippen molar-refractivity contribution in [2.24, 2.45) is 0 Å². The van der Waals surface area contributed by atoms with Gasteiger partial charge in [-0.2, -0.15) is 0 Å². The molecule has 7 nitrogen and oxygen atoms in total. The molecule has 3 rings (SSSR count). The summed E-state index contributed by atoms with van der Waals surface area (Å²) in [6, 6.07) is 6.27. The van der Waals surface area contributed by atoms with Crippen LogP contribution in [0.4, 0.5) is 10.1 Å². The van der Waals surface area contributed by atoms with Gasteiger partial charge in [-0.25, -0.2) is 9.18 Å². The van der Waals surface area contributed by atoms with E-state index >= 15 is 0 Å². The number of H-pyrrole nitrogens is 2. The third-order valence-corrected chi connectivity index (χ3v) is 4.41. The lowest BCUT2D eigenvalue weighted by Gasteiger charge is -2.36. The van der Waals surface area contributed by atoms with Gasteiger partial charge in [-0.1, -0.05) is 0 Å². The second-order valence-electron chi connectivity index (χ2n) is 6.03. The first-order chi connectivity index (χ1) is 11.9. The smallest absolute Gasteiger partial charge is 0.325 e. The standard InChI is InChI=1S/C17H19FN4O3/c1-11-14(16(24)20-17(25)19-11)10-15(23)22-8-6-21(7-9-22)13-4-2-12(18)3-5-13/h2-5H,6-10H2,1H3,(H2,19,20,24,25). The van der Waals surface area contributed by atoms with Crippen molar-refractivity contribution >= 4 is 11.6 Å². The summed E-state index contributed by atoms with van der Waals surface area (Å²) in [4.78, 5) is 44.0. The Morgan fingerprint density at radius 1 is 1.08 bits per heavy atom. The number of aromatic nitrogens is 2. The van der Waals surface area contributed by atoms with Crippen LogP contribution in [0.25, 0.3) is 0 Å². The van der Waals surface area contributed by atoms with Crippen molar-refractivity contribution in [2.75, 3.05) is 31.1 Å². The van der Waals surface area contributed by atoms with Crippen LogP contribution in [0.3, 0.4) is 0 Å². The van der Waals surface area contributed by atoms with E-state index in [2.05, 4.69) is 14.9 Å². The molecule has 0 saturated carbocycles. The quantitative estimate of drug-likeness (QED) is 0.842. The third kappa shape index (κ3) is 3.78. The fourth-order valence-electron chi connectivity index (χ4n) is 2.97. The predicted molar refractivity (Wildman–Crippen MR) is 91.3 cm³/mol. The van der Waals surface area contributed by atoms with E-state index in [-0.39, 0.29) is 23.7 Å². The number of anilines is 1. The van der Waals surface area contributed by atoms with Gasteiger partial charge in [0, 0.05) is 43.1 Å². The van der Waals surface area contributed by atoms with Crippen molar-refractivity contribution in [3.8, 4) is 0 Å². The van der Waals surface area contributed by atoms with Gasteiger partial charge in [0.05, 0.1) is 6.42 Å². The normalized spacial score (nSPS) is 14.6. The second-order valence-corrected chi connectivity index (χ2v) is 6.03. The Morgan fingerprint density at radius 2 is 1.72 bits per heavy atom. The van der Waals surface area contributed by atoms with Crippen LogP contribution in [0.2, 0.25) is 0 Å². The number of aryl methyl sites for hydroxylation is 1. The first kappa shape index (κ1) is 16.9. The minimum atomic E-state index is -0.577. The zero-order valence-corrected chi connectivity index (χ0v) is 13.8. The molecule has 0 radical (unpaired) electrons. The maximum atomic E-state index is 13.0. The summed E-state index contributed by atoms with van der Waals surface area (Å²) in [5, 5.41) is 0. The molecule has 1 aliphatic rings. The number of nitrogens with one attached hydrogen (secondary N) is 2. The number of amides is 1. The fraction of sp³-hybridized carbons (Fsp3) is 0.353. The molecule has 1 aromatic heterocycles. The number of carbonyl (C=O) groups excluding carboxylic acids is 1. The SMILES string of the molecule is Cc1[nH]c(=O)[nH]c(=O)c1CC(=O)N1CCN(c2ccc(F)cc2)CC1. The van der Waals surface area contributed by atoms with Crippen molar-refractivity contribution in [1.29, 1.82) is 0 Å². The van der Waals surface area contributed by atoms with E-state index in [1.807, 2.05) is 0 Å². The largest absolute Gasteiger partial charge is 0.368 e. The fourth-order valence-corrected chi connectivity index (χ4v) is 2.97. The van der Waals surface area contributed by atoms with E-state index in [9.17, 15) is 18.8 Å². The molecule has 2 aromatic rings. The number of nitrogens with zero attached hydrogens (tertiary/aromatic N) is 2. The number of piperazine rings is 1. The van der Waals surface area contributed by atoms with E-state index < -0.39 is 11.2 Å². The number of rotatable bonds is 3. The van der Waals surface area contributed by atoms with Gasteiger partial charge in [-0.15, -0.1) is 0 Å². The van der Waals surface area contributed by atoms with Crippen LogP contribution in [0.5, 0.6) is 0 Å². The highest BCUT2D eigenvalue weighted by Crippen LogP contribution is 2.17. The highest BCUT2D eigenvalue weighted by molar-refractivity contribution is 5.79. The number of hydrogen-bond donors (Lipinski definition) is 2. The van der Waals surface area contributed by atoms with Crippen LogP contribution in [-0.2, 0) is 11.2 Å². The molecule has 1 aliphatic heterocycles. The minimum absolute atomic E-state index is 0.0471. The number of halogens is 1. The molecule has 132 valence electrons. The zero-order valence-electron chi connectivity index (χ0n) is 13.8. The minimum Gasteiger partial charge on any atom is -0.368 e. The molecule has 1 fully saturated rings. The van der Waals surface area contributed by atoms with Gasteiger partial charge in [-0.3, -0.25) is 14.6 Å². The van der Waals surface area contributed by atoms with Gasteiger partial charge >= 0.3 is 5.69 Å². The van der Waals surface area contributed by atoms with Crippen LogP contribution < -0.4 is 16.1 Å². The Labute approximate surface area is 143 Å². The van der Waals surface area contributed by atoms with Crippen LogP contribution in [0.1, 0.15) is 11.3 Å².